The Kier molecular flexibility index (Phi) is 2.80. The Labute approximate surface area is 119 Å². The van der Waals surface area contributed by atoms with Crippen LogP contribution in [0.5, 0.6) is 0 Å². The molecule has 2 atom stereocenters. The van der Waals surface area contributed by atoms with Gasteiger partial charge in [0.15, 0.2) is 0 Å². The third-order valence-corrected chi connectivity index (χ3v) is 4.45. The van der Waals surface area contributed by atoms with Crippen LogP contribution in [0.2, 0.25) is 0 Å². The van der Waals surface area contributed by atoms with E-state index in [0.29, 0.717) is 12.0 Å². The summed E-state index contributed by atoms with van der Waals surface area (Å²) in [5.74, 6) is 0.595. The van der Waals surface area contributed by atoms with Crippen molar-refractivity contribution in [2.24, 2.45) is 11.0 Å². The topological polar surface area (TPSA) is 15.6 Å². The van der Waals surface area contributed by atoms with Gasteiger partial charge in [0.25, 0.3) is 0 Å². The van der Waals surface area contributed by atoms with E-state index in [-0.39, 0.29) is 0 Å². The predicted molar refractivity (Wildman–Crippen MR) is 83.0 cm³/mol. The zero-order valence-electron chi connectivity index (χ0n) is 11.4. The number of hydrazone groups is 1. The van der Waals surface area contributed by atoms with Gasteiger partial charge in [-0.1, -0.05) is 55.0 Å². The zero-order valence-corrected chi connectivity index (χ0v) is 11.4. The van der Waals surface area contributed by atoms with Crippen LogP contribution in [0.4, 0.5) is 5.69 Å². The normalized spacial score (nSPS) is 24.6. The lowest BCUT2D eigenvalue weighted by Crippen LogP contribution is -2.29. The van der Waals surface area contributed by atoms with Gasteiger partial charge in [0.1, 0.15) is 0 Å². The summed E-state index contributed by atoms with van der Waals surface area (Å²) >= 11 is 0. The molecule has 1 fully saturated rings. The summed E-state index contributed by atoms with van der Waals surface area (Å²) in [6, 6.07) is 21.8. The van der Waals surface area contributed by atoms with E-state index in [1.807, 2.05) is 0 Å². The molecule has 2 heteroatoms. The molecule has 0 saturated heterocycles. The fourth-order valence-corrected chi connectivity index (χ4v) is 3.53. The van der Waals surface area contributed by atoms with Crippen LogP contribution in [0.1, 0.15) is 24.8 Å². The number of benzene rings is 2. The van der Waals surface area contributed by atoms with Crippen LogP contribution in [0.25, 0.3) is 0 Å². The predicted octanol–water partition coefficient (Wildman–Crippen LogP) is 4.08. The van der Waals surface area contributed by atoms with E-state index in [0.717, 1.165) is 0 Å². The van der Waals surface area contributed by atoms with Gasteiger partial charge in [0, 0.05) is 5.92 Å². The van der Waals surface area contributed by atoms with Crippen LogP contribution in [-0.2, 0) is 0 Å². The first-order chi connectivity index (χ1) is 9.93. The van der Waals surface area contributed by atoms with Crippen molar-refractivity contribution in [1.29, 1.82) is 0 Å². The third-order valence-electron chi connectivity index (χ3n) is 4.45. The van der Waals surface area contributed by atoms with Gasteiger partial charge in [-0.2, -0.15) is 5.10 Å². The minimum Gasteiger partial charge on any atom is -0.262 e. The van der Waals surface area contributed by atoms with Gasteiger partial charge in [-0.3, -0.25) is 5.01 Å². The molecule has 2 nitrogen and oxygen atoms in total. The third kappa shape index (κ3) is 1.83. The Hall–Kier alpha value is -2.09. The van der Waals surface area contributed by atoms with Gasteiger partial charge >= 0.3 is 0 Å². The first-order valence-corrected chi connectivity index (χ1v) is 7.42. The van der Waals surface area contributed by atoms with Gasteiger partial charge in [0.05, 0.1) is 17.4 Å². The Bertz CT molecular complexity index is 618. The molecule has 4 rings (SSSR count). The molecular weight excluding hydrogens is 244 g/mol. The van der Waals surface area contributed by atoms with E-state index in [1.165, 1.54) is 36.2 Å². The van der Waals surface area contributed by atoms with E-state index in [4.69, 9.17) is 5.10 Å². The molecule has 0 bridgehead atoms. The van der Waals surface area contributed by atoms with Crippen LogP contribution in [0.3, 0.4) is 0 Å². The summed E-state index contributed by atoms with van der Waals surface area (Å²) in [7, 11) is 0. The first-order valence-electron chi connectivity index (χ1n) is 7.42. The van der Waals surface area contributed by atoms with Crippen LogP contribution in [0, 0.1) is 5.92 Å². The first kappa shape index (κ1) is 11.7. The Morgan fingerprint density at radius 2 is 1.55 bits per heavy atom. The summed E-state index contributed by atoms with van der Waals surface area (Å²) in [5, 5.41) is 7.21. The van der Waals surface area contributed by atoms with Gasteiger partial charge in [-0.25, -0.2) is 0 Å². The fraction of sp³-hybridized carbons (Fsp3) is 0.278. The number of hydrogen-bond donors (Lipinski definition) is 0. The van der Waals surface area contributed by atoms with Gasteiger partial charge in [-0.05, 0) is 30.5 Å². The van der Waals surface area contributed by atoms with Crippen molar-refractivity contribution >= 4 is 11.4 Å². The lowest BCUT2D eigenvalue weighted by Gasteiger charge is -2.22. The van der Waals surface area contributed by atoms with E-state index >= 15 is 0 Å². The summed E-state index contributed by atoms with van der Waals surface area (Å²) in [4.78, 5) is 0. The molecule has 1 aliphatic heterocycles. The number of para-hydroxylation sites is 1. The second-order valence-corrected chi connectivity index (χ2v) is 5.64. The molecule has 1 saturated carbocycles. The minimum atomic E-state index is 0.549. The van der Waals surface area contributed by atoms with Crippen LogP contribution < -0.4 is 5.01 Å². The molecular formula is C18H18N2. The van der Waals surface area contributed by atoms with Crippen molar-refractivity contribution in [3.05, 3.63) is 66.2 Å². The van der Waals surface area contributed by atoms with Crippen molar-refractivity contribution in [3.63, 3.8) is 0 Å². The molecule has 0 amide bonds. The molecule has 1 aliphatic carbocycles. The zero-order chi connectivity index (χ0) is 13.4. The lowest BCUT2D eigenvalue weighted by molar-refractivity contribution is 0.602. The molecule has 0 N–H and O–H groups in total. The van der Waals surface area contributed by atoms with Gasteiger partial charge < -0.3 is 0 Å². The average molecular weight is 262 g/mol. The highest BCUT2D eigenvalue weighted by molar-refractivity contribution is 6.05. The number of anilines is 1. The maximum absolute atomic E-state index is 4.96. The molecule has 100 valence electrons. The molecule has 2 aromatic rings. The summed E-state index contributed by atoms with van der Waals surface area (Å²) in [6.07, 6.45) is 3.83. The van der Waals surface area contributed by atoms with Crippen LogP contribution >= 0.6 is 0 Å². The summed E-state index contributed by atoms with van der Waals surface area (Å²) < 4.78 is 0. The minimum absolute atomic E-state index is 0.549. The highest BCUT2D eigenvalue weighted by Gasteiger charge is 2.41. The van der Waals surface area contributed by atoms with E-state index in [9.17, 15) is 0 Å². The van der Waals surface area contributed by atoms with Crippen molar-refractivity contribution < 1.29 is 0 Å². The molecule has 1 heterocycles. The summed E-state index contributed by atoms with van der Waals surface area (Å²) in [6.45, 7) is 0. The number of rotatable bonds is 2. The van der Waals surface area contributed by atoms with Gasteiger partial charge in [-0.15, -0.1) is 0 Å². The SMILES string of the molecule is c1ccc(C2=NN(c3ccccc3)C3CCCC23)cc1. The van der Waals surface area contributed by atoms with Gasteiger partial charge in [0.2, 0.25) is 0 Å². The van der Waals surface area contributed by atoms with Crippen molar-refractivity contribution in [2.45, 2.75) is 25.3 Å². The molecule has 2 aromatic carbocycles. The standard InChI is InChI=1S/C18H18N2/c1-3-8-14(9-4-1)18-16-12-7-13-17(16)20(19-18)15-10-5-2-6-11-15/h1-6,8-11,16-17H,7,12-13H2. The Balaban J connectivity index is 1.76. The van der Waals surface area contributed by atoms with Crippen molar-refractivity contribution in [1.82, 2.24) is 0 Å². The summed E-state index contributed by atoms with van der Waals surface area (Å²) in [5.41, 5.74) is 3.77. The maximum Gasteiger partial charge on any atom is 0.0734 e. The monoisotopic (exact) mass is 262 g/mol. The molecule has 2 unspecified atom stereocenters. The largest absolute Gasteiger partial charge is 0.262 e. The van der Waals surface area contributed by atoms with E-state index < -0.39 is 0 Å². The second-order valence-electron chi connectivity index (χ2n) is 5.64. The molecule has 2 aliphatic rings. The molecule has 0 radical (unpaired) electrons. The van der Waals surface area contributed by atoms with E-state index in [1.54, 1.807) is 0 Å². The number of nitrogens with zero attached hydrogens (tertiary/aromatic N) is 2. The average Bonchev–Trinajstić information content (AvgIpc) is 3.11. The fourth-order valence-electron chi connectivity index (χ4n) is 3.53. The highest BCUT2D eigenvalue weighted by Crippen LogP contribution is 2.40. The highest BCUT2D eigenvalue weighted by atomic mass is 15.5. The quantitative estimate of drug-likeness (QED) is 0.796. The Morgan fingerprint density at radius 1 is 0.850 bits per heavy atom. The molecule has 20 heavy (non-hydrogen) atoms. The van der Waals surface area contributed by atoms with Crippen LogP contribution in [-0.4, -0.2) is 11.8 Å². The van der Waals surface area contributed by atoms with Crippen LogP contribution in [0.15, 0.2) is 65.8 Å². The molecule has 0 aromatic heterocycles. The van der Waals surface area contributed by atoms with E-state index in [2.05, 4.69) is 65.7 Å². The lowest BCUT2D eigenvalue weighted by atomic mass is 9.93. The number of hydrogen-bond acceptors (Lipinski definition) is 2. The van der Waals surface area contributed by atoms with Crippen molar-refractivity contribution in [2.75, 3.05) is 5.01 Å². The maximum atomic E-state index is 4.96. The Morgan fingerprint density at radius 3 is 2.30 bits per heavy atom. The van der Waals surface area contributed by atoms with Crippen molar-refractivity contribution in [3.8, 4) is 0 Å². The second kappa shape index (κ2) is 4.78. The smallest absolute Gasteiger partial charge is 0.0734 e. The number of fused-ring (bicyclic) bond motifs is 1. The molecule has 0 spiro atoms.